The molecule has 0 atom stereocenters. The zero-order valence-corrected chi connectivity index (χ0v) is 24.4. The number of halogens is 1. The zero-order valence-electron chi connectivity index (χ0n) is 21.9. The van der Waals surface area contributed by atoms with Gasteiger partial charge in [-0.15, -0.1) is 12.4 Å². The summed E-state index contributed by atoms with van der Waals surface area (Å²) in [6, 6.07) is 21.3. The number of sulfonamides is 1. The van der Waals surface area contributed by atoms with E-state index in [2.05, 4.69) is 40.2 Å². The second kappa shape index (κ2) is 12.3. The number of anilines is 2. The van der Waals surface area contributed by atoms with Crippen molar-refractivity contribution >= 4 is 60.7 Å². The van der Waals surface area contributed by atoms with Gasteiger partial charge in [0.1, 0.15) is 0 Å². The average molecular weight is 586 g/mol. The van der Waals surface area contributed by atoms with Crippen molar-refractivity contribution in [2.45, 2.75) is 11.8 Å². The van der Waals surface area contributed by atoms with Gasteiger partial charge in [0, 0.05) is 51.9 Å². The minimum absolute atomic E-state index is 0. The van der Waals surface area contributed by atoms with Crippen molar-refractivity contribution in [2.75, 3.05) is 55.5 Å². The highest BCUT2D eigenvalue weighted by atomic mass is 35.5. The fourth-order valence-electron chi connectivity index (χ4n) is 4.46. The van der Waals surface area contributed by atoms with E-state index in [1.165, 1.54) is 33.7 Å². The summed E-state index contributed by atoms with van der Waals surface area (Å²) in [5, 5.41) is 4.02. The maximum Gasteiger partial charge on any atom is 0.264 e. The Morgan fingerprint density at radius 2 is 1.69 bits per heavy atom. The highest BCUT2D eigenvalue weighted by Gasteiger charge is 2.22. The number of carbonyl (C=O) groups excluding carboxylic acids is 1. The van der Waals surface area contributed by atoms with Crippen LogP contribution in [0.5, 0.6) is 0 Å². The molecule has 8 nitrogen and oxygen atoms in total. The molecular formula is C28H32ClN5O3S2. The van der Waals surface area contributed by atoms with Crippen molar-refractivity contribution in [3.05, 3.63) is 83.9 Å². The second-order valence-corrected chi connectivity index (χ2v) is 12.4. The van der Waals surface area contributed by atoms with Gasteiger partial charge in [-0.05, 0) is 61.0 Å². The number of fused-ring (bicyclic) bond motifs is 1. The van der Waals surface area contributed by atoms with Crippen LogP contribution < -0.4 is 14.5 Å². The molecule has 0 radical (unpaired) electrons. The van der Waals surface area contributed by atoms with Crippen LogP contribution in [0.2, 0.25) is 0 Å². The molecule has 1 aromatic heterocycles. The molecule has 0 unspecified atom stereocenters. The van der Waals surface area contributed by atoms with Gasteiger partial charge in [0.15, 0.2) is 5.13 Å². The predicted molar refractivity (Wildman–Crippen MR) is 161 cm³/mol. The molecule has 1 amide bonds. The summed E-state index contributed by atoms with van der Waals surface area (Å²) in [5.74, 6) is -0.214. The number of amides is 1. The van der Waals surface area contributed by atoms with Gasteiger partial charge in [0.05, 0.1) is 20.8 Å². The van der Waals surface area contributed by atoms with E-state index in [4.69, 9.17) is 4.98 Å². The topological polar surface area (TPSA) is 85.9 Å². The standard InChI is InChI=1S/C28H31N5O3S2.ClH/c1-21-8-13-25-26(20-21)37-28(30-25)33-18-16-32(17-19-33)15-14-29-27(34)22-9-11-24(12-10-22)38(35,36)31(2)23-6-4-3-5-7-23;/h3-13,20H,14-19H2,1-2H3,(H,29,34);1H. The van der Waals surface area contributed by atoms with Crippen molar-refractivity contribution in [1.82, 2.24) is 15.2 Å². The number of carbonyl (C=O) groups is 1. The number of nitrogens with one attached hydrogen (secondary N) is 1. The summed E-state index contributed by atoms with van der Waals surface area (Å²) in [5.41, 5.74) is 3.30. The summed E-state index contributed by atoms with van der Waals surface area (Å²) >= 11 is 1.74. The fraction of sp³-hybridized carbons (Fsp3) is 0.286. The highest BCUT2D eigenvalue weighted by molar-refractivity contribution is 7.92. The maximum atomic E-state index is 12.9. The van der Waals surface area contributed by atoms with Crippen molar-refractivity contribution in [3.8, 4) is 0 Å². The van der Waals surface area contributed by atoms with Crippen LogP contribution in [-0.2, 0) is 10.0 Å². The smallest absolute Gasteiger partial charge is 0.264 e. The van der Waals surface area contributed by atoms with E-state index in [0.717, 1.165) is 43.4 Å². The third-order valence-corrected chi connectivity index (χ3v) is 9.66. The molecule has 1 fully saturated rings. The molecule has 2 heterocycles. The minimum atomic E-state index is -3.71. The quantitative estimate of drug-likeness (QED) is 0.330. The van der Waals surface area contributed by atoms with Gasteiger partial charge in [-0.1, -0.05) is 35.6 Å². The number of benzene rings is 3. The van der Waals surface area contributed by atoms with Gasteiger partial charge in [0.2, 0.25) is 0 Å². The van der Waals surface area contributed by atoms with Gasteiger partial charge >= 0.3 is 0 Å². The van der Waals surface area contributed by atoms with E-state index in [1.54, 1.807) is 47.7 Å². The van der Waals surface area contributed by atoms with E-state index < -0.39 is 10.0 Å². The normalized spacial score (nSPS) is 14.2. The molecule has 1 N–H and O–H groups in total. The van der Waals surface area contributed by atoms with Gasteiger partial charge in [-0.3, -0.25) is 14.0 Å². The van der Waals surface area contributed by atoms with Crippen LogP contribution in [0.25, 0.3) is 10.2 Å². The van der Waals surface area contributed by atoms with Crippen LogP contribution in [0.4, 0.5) is 10.8 Å². The summed E-state index contributed by atoms with van der Waals surface area (Å²) in [4.78, 5) is 22.3. The number of thiazole rings is 1. The van der Waals surface area contributed by atoms with Crippen LogP contribution in [0.1, 0.15) is 15.9 Å². The number of hydrogen-bond donors (Lipinski definition) is 1. The number of hydrogen-bond acceptors (Lipinski definition) is 7. The van der Waals surface area contributed by atoms with Gasteiger partial charge in [-0.2, -0.15) is 0 Å². The van der Waals surface area contributed by atoms with Crippen molar-refractivity contribution in [2.24, 2.45) is 0 Å². The molecule has 1 saturated heterocycles. The van der Waals surface area contributed by atoms with Crippen molar-refractivity contribution in [1.29, 1.82) is 0 Å². The third kappa shape index (κ3) is 6.52. The summed E-state index contributed by atoms with van der Waals surface area (Å²) < 4.78 is 28.4. The maximum absolute atomic E-state index is 12.9. The summed E-state index contributed by atoms with van der Waals surface area (Å²) in [6.45, 7) is 7.00. The van der Waals surface area contributed by atoms with Crippen LogP contribution in [-0.4, -0.2) is 70.5 Å². The number of para-hydroxylation sites is 1. The Labute approximate surface area is 239 Å². The van der Waals surface area contributed by atoms with Crippen LogP contribution in [0, 0.1) is 6.92 Å². The molecule has 0 aliphatic carbocycles. The second-order valence-electron chi connectivity index (χ2n) is 9.38. The number of aromatic nitrogens is 1. The fourth-order valence-corrected chi connectivity index (χ4v) is 6.77. The highest BCUT2D eigenvalue weighted by Crippen LogP contribution is 2.30. The van der Waals surface area contributed by atoms with Crippen molar-refractivity contribution in [3.63, 3.8) is 0 Å². The molecule has 4 aromatic rings. The third-order valence-electron chi connectivity index (χ3n) is 6.78. The molecule has 5 rings (SSSR count). The van der Waals surface area contributed by atoms with Gasteiger partial charge in [0.25, 0.3) is 15.9 Å². The molecular weight excluding hydrogens is 554 g/mol. The van der Waals surface area contributed by atoms with Crippen LogP contribution in [0.15, 0.2) is 77.7 Å². The first kappa shape index (κ1) is 28.8. The Hall–Kier alpha value is -3.18. The Balaban J connectivity index is 0.00000353. The molecule has 3 aromatic carbocycles. The molecule has 11 heteroatoms. The van der Waals surface area contributed by atoms with Gasteiger partial charge < -0.3 is 10.2 Å². The average Bonchev–Trinajstić information content (AvgIpc) is 3.36. The Morgan fingerprint density at radius 1 is 1.00 bits per heavy atom. The first-order valence-corrected chi connectivity index (χ1v) is 14.8. The lowest BCUT2D eigenvalue weighted by molar-refractivity contribution is 0.0947. The summed E-state index contributed by atoms with van der Waals surface area (Å²) in [6.07, 6.45) is 0. The molecule has 0 bridgehead atoms. The Morgan fingerprint density at radius 3 is 2.38 bits per heavy atom. The largest absolute Gasteiger partial charge is 0.351 e. The summed E-state index contributed by atoms with van der Waals surface area (Å²) in [7, 11) is -2.19. The first-order valence-electron chi connectivity index (χ1n) is 12.6. The van der Waals surface area contributed by atoms with E-state index in [0.29, 0.717) is 17.8 Å². The SMILES string of the molecule is Cc1ccc2nc(N3CCN(CCNC(=O)c4ccc(S(=O)(=O)N(C)c5ccccc5)cc4)CC3)sc2c1.Cl. The molecule has 0 spiro atoms. The van der Waals surface area contributed by atoms with E-state index in [-0.39, 0.29) is 23.2 Å². The lowest BCUT2D eigenvalue weighted by atomic mass is 10.2. The molecule has 1 aliphatic heterocycles. The van der Waals surface area contributed by atoms with Crippen molar-refractivity contribution < 1.29 is 13.2 Å². The Bertz CT molecular complexity index is 1520. The number of piperazine rings is 1. The molecule has 1 aliphatic rings. The number of nitrogens with zero attached hydrogens (tertiary/aromatic N) is 4. The van der Waals surface area contributed by atoms with E-state index >= 15 is 0 Å². The molecule has 206 valence electrons. The number of rotatable bonds is 8. The minimum Gasteiger partial charge on any atom is -0.351 e. The monoisotopic (exact) mass is 585 g/mol. The van der Waals surface area contributed by atoms with Gasteiger partial charge in [-0.25, -0.2) is 13.4 Å². The lowest BCUT2D eigenvalue weighted by Gasteiger charge is -2.34. The molecule has 0 saturated carbocycles. The zero-order chi connectivity index (χ0) is 26.7. The number of aryl methyl sites for hydroxylation is 1. The van der Waals surface area contributed by atoms with Crippen LogP contribution in [0.3, 0.4) is 0 Å². The first-order chi connectivity index (χ1) is 18.3. The lowest BCUT2D eigenvalue weighted by Crippen LogP contribution is -2.48. The van der Waals surface area contributed by atoms with E-state index in [1.807, 2.05) is 6.07 Å². The van der Waals surface area contributed by atoms with E-state index in [9.17, 15) is 13.2 Å². The predicted octanol–water partition coefficient (Wildman–Crippen LogP) is 4.40. The molecule has 39 heavy (non-hydrogen) atoms. The Kier molecular flexibility index (Phi) is 9.12. The van der Waals surface area contributed by atoms with Crippen LogP contribution >= 0.6 is 23.7 Å².